The van der Waals surface area contributed by atoms with Crippen LogP contribution in [0.4, 0.5) is 15.9 Å². The molecule has 28 heavy (non-hydrogen) atoms. The van der Waals surface area contributed by atoms with Gasteiger partial charge in [0.05, 0.1) is 5.52 Å². The Labute approximate surface area is 166 Å². The summed E-state index contributed by atoms with van der Waals surface area (Å²) in [5, 5.41) is 4.46. The van der Waals surface area contributed by atoms with E-state index in [1.54, 1.807) is 18.5 Å². The largest absolute Gasteiger partial charge is 0.357 e. The van der Waals surface area contributed by atoms with Crippen molar-refractivity contribution in [3.05, 3.63) is 84.7 Å². The van der Waals surface area contributed by atoms with E-state index in [1.165, 1.54) is 6.07 Å². The van der Waals surface area contributed by atoms with Gasteiger partial charge in [-0.05, 0) is 48.0 Å². The van der Waals surface area contributed by atoms with E-state index in [9.17, 15) is 4.39 Å². The summed E-state index contributed by atoms with van der Waals surface area (Å²) in [6.07, 6.45) is 5.42. The third kappa shape index (κ3) is 3.30. The Morgan fingerprint density at radius 1 is 1.04 bits per heavy atom. The number of aromatic nitrogens is 4. The van der Waals surface area contributed by atoms with Crippen LogP contribution in [0.5, 0.6) is 0 Å². The Hall–Kier alpha value is -3.38. The van der Waals surface area contributed by atoms with Crippen molar-refractivity contribution in [2.45, 2.75) is 6.54 Å². The van der Waals surface area contributed by atoms with Gasteiger partial charge in [0.2, 0.25) is 0 Å². The van der Waals surface area contributed by atoms with Crippen LogP contribution in [0.2, 0.25) is 0 Å². The molecule has 0 aliphatic rings. The molecule has 0 atom stereocenters. The molecule has 0 spiro atoms. The van der Waals surface area contributed by atoms with Gasteiger partial charge in [0.1, 0.15) is 17.7 Å². The molecule has 0 unspecified atom stereocenters. The fourth-order valence-electron chi connectivity index (χ4n) is 3.35. The van der Waals surface area contributed by atoms with Crippen LogP contribution in [-0.4, -0.2) is 19.5 Å². The summed E-state index contributed by atoms with van der Waals surface area (Å²) in [7, 11) is 0. The first-order valence-corrected chi connectivity index (χ1v) is 8.65. The van der Waals surface area contributed by atoms with Crippen LogP contribution in [0.3, 0.4) is 0 Å². The minimum Gasteiger partial charge on any atom is -0.357 e. The van der Waals surface area contributed by atoms with Gasteiger partial charge in [0.15, 0.2) is 5.82 Å². The Balaban J connectivity index is 0.00000192. The molecule has 0 bridgehead atoms. The first-order valence-electron chi connectivity index (χ1n) is 8.65. The maximum Gasteiger partial charge on any atom is 0.158 e. The molecule has 0 amide bonds. The van der Waals surface area contributed by atoms with Crippen molar-refractivity contribution in [2.75, 3.05) is 5.32 Å². The zero-order chi connectivity index (χ0) is 18.2. The SMILES string of the molecule is Cl.Fc1cccc(Cn2ccc3cc(Nc4ncnc5cc[nH]c45)ccc32)c1. The third-order valence-electron chi connectivity index (χ3n) is 4.62. The van der Waals surface area contributed by atoms with Crippen molar-refractivity contribution in [3.8, 4) is 0 Å². The molecular weight excluding hydrogens is 377 g/mol. The number of halogens is 2. The number of hydrogen-bond donors (Lipinski definition) is 2. The van der Waals surface area contributed by atoms with E-state index in [4.69, 9.17) is 0 Å². The van der Waals surface area contributed by atoms with Gasteiger partial charge in [0.25, 0.3) is 0 Å². The minimum absolute atomic E-state index is 0. The fraction of sp³-hybridized carbons (Fsp3) is 0.0476. The van der Waals surface area contributed by atoms with Gasteiger partial charge in [-0.2, -0.15) is 0 Å². The highest BCUT2D eigenvalue weighted by Gasteiger charge is 2.07. The molecule has 0 aliphatic carbocycles. The molecule has 0 aliphatic heterocycles. The maximum absolute atomic E-state index is 13.4. The molecule has 0 saturated carbocycles. The summed E-state index contributed by atoms with van der Waals surface area (Å²) in [6.45, 7) is 0.628. The first kappa shape index (κ1) is 18.0. The molecule has 140 valence electrons. The van der Waals surface area contributed by atoms with Gasteiger partial charge < -0.3 is 14.9 Å². The number of benzene rings is 2. The van der Waals surface area contributed by atoms with Gasteiger partial charge in [-0.1, -0.05) is 12.1 Å². The first-order chi connectivity index (χ1) is 13.3. The monoisotopic (exact) mass is 393 g/mol. The molecule has 7 heteroatoms. The number of fused-ring (bicyclic) bond motifs is 2. The van der Waals surface area contributed by atoms with Crippen molar-refractivity contribution in [1.29, 1.82) is 0 Å². The Morgan fingerprint density at radius 3 is 2.86 bits per heavy atom. The fourth-order valence-corrected chi connectivity index (χ4v) is 3.35. The number of anilines is 2. The van der Waals surface area contributed by atoms with E-state index < -0.39 is 0 Å². The van der Waals surface area contributed by atoms with Crippen LogP contribution in [-0.2, 0) is 6.54 Å². The van der Waals surface area contributed by atoms with Crippen LogP contribution < -0.4 is 5.32 Å². The average Bonchev–Trinajstić information content (AvgIpc) is 3.29. The third-order valence-corrected chi connectivity index (χ3v) is 4.62. The van der Waals surface area contributed by atoms with Crippen LogP contribution in [0.25, 0.3) is 21.9 Å². The molecule has 5 rings (SSSR count). The van der Waals surface area contributed by atoms with Gasteiger partial charge in [0, 0.05) is 35.5 Å². The van der Waals surface area contributed by atoms with Gasteiger partial charge in [-0.15, -0.1) is 12.4 Å². The lowest BCUT2D eigenvalue weighted by Crippen LogP contribution is -1.99. The van der Waals surface area contributed by atoms with E-state index in [-0.39, 0.29) is 18.2 Å². The molecule has 2 N–H and O–H groups in total. The predicted octanol–water partition coefficient (Wildman–Crippen LogP) is 5.27. The summed E-state index contributed by atoms with van der Waals surface area (Å²) >= 11 is 0. The highest BCUT2D eigenvalue weighted by Crippen LogP contribution is 2.26. The van der Waals surface area contributed by atoms with Crippen LogP contribution in [0.1, 0.15) is 5.56 Å². The van der Waals surface area contributed by atoms with E-state index in [2.05, 4.69) is 43.0 Å². The number of hydrogen-bond acceptors (Lipinski definition) is 3. The van der Waals surface area contributed by atoms with E-state index in [0.29, 0.717) is 6.54 Å². The summed E-state index contributed by atoms with van der Waals surface area (Å²) in [5.74, 6) is 0.527. The summed E-state index contributed by atoms with van der Waals surface area (Å²) < 4.78 is 15.5. The van der Waals surface area contributed by atoms with Crippen molar-refractivity contribution >= 4 is 45.8 Å². The lowest BCUT2D eigenvalue weighted by molar-refractivity contribution is 0.624. The molecule has 5 nitrogen and oxygen atoms in total. The van der Waals surface area contributed by atoms with Crippen LogP contribution in [0, 0.1) is 5.82 Å². The second-order valence-corrected chi connectivity index (χ2v) is 6.43. The highest BCUT2D eigenvalue weighted by molar-refractivity contribution is 5.89. The predicted molar refractivity (Wildman–Crippen MR) is 112 cm³/mol. The summed E-state index contributed by atoms with van der Waals surface area (Å²) in [4.78, 5) is 11.7. The van der Waals surface area contributed by atoms with Crippen LogP contribution in [0.15, 0.2) is 73.3 Å². The number of nitrogens with one attached hydrogen (secondary N) is 2. The molecule has 5 aromatic rings. The summed E-state index contributed by atoms with van der Waals surface area (Å²) in [6, 6.07) is 16.8. The normalized spacial score (nSPS) is 10.9. The van der Waals surface area contributed by atoms with E-state index >= 15 is 0 Å². The standard InChI is InChI=1S/C21H16FN5.ClH/c22-16-3-1-2-14(10-16)12-27-9-7-15-11-17(4-5-19(15)27)26-21-20-18(6-8-23-20)24-13-25-21;/h1-11,13,23H,12H2,(H,24,25,26);1H. The molecule has 0 saturated heterocycles. The zero-order valence-corrected chi connectivity index (χ0v) is 15.6. The maximum atomic E-state index is 13.4. The number of rotatable bonds is 4. The van der Waals surface area contributed by atoms with Crippen molar-refractivity contribution in [1.82, 2.24) is 19.5 Å². The lowest BCUT2D eigenvalue weighted by Gasteiger charge is -2.09. The smallest absolute Gasteiger partial charge is 0.158 e. The second-order valence-electron chi connectivity index (χ2n) is 6.43. The summed E-state index contributed by atoms with van der Waals surface area (Å²) in [5.41, 5.74) is 4.72. The zero-order valence-electron chi connectivity index (χ0n) is 14.8. The molecular formula is C21H17ClFN5. The Bertz CT molecular complexity index is 1260. The van der Waals surface area contributed by atoms with Crippen molar-refractivity contribution in [2.24, 2.45) is 0 Å². The lowest BCUT2D eigenvalue weighted by atomic mass is 10.2. The molecule has 3 heterocycles. The minimum atomic E-state index is -0.212. The molecule has 2 aromatic carbocycles. The Kier molecular flexibility index (Phi) is 4.71. The van der Waals surface area contributed by atoms with Crippen LogP contribution >= 0.6 is 12.4 Å². The van der Waals surface area contributed by atoms with Crippen molar-refractivity contribution in [3.63, 3.8) is 0 Å². The number of aromatic amines is 1. The average molecular weight is 394 g/mol. The van der Waals surface area contributed by atoms with Gasteiger partial charge in [-0.25, -0.2) is 14.4 Å². The number of H-pyrrole nitrogens is 1. The molecule has 0 fully saturated rings. The van der Waals surface area contributed by atoms with Crippen molar-refractivity contribution < 1.29 is 4.39 Å². The van der Waals surface area contributed by atoms with Gasteiger partial charge in [-0.3, -0.25) is 0 Å². The Morgan fingerprint density at radius 2 is 1.96 bits per heavy atom. The van der Waals surface area contributed by atoms with E-state index in [0.717, 1.165) is 39.0 Å². The van der Waals surface area contributed by atoms with Gasteiger partial charge >= 0.3 is 0 Å². The number of nitrogens with zero attached hydrogens (tertiary/aromatic N) is 3. The highest BCUT2D eigenvalue weighted by atomic mass is 35.5. The quantitative estimate of drug-likeness (QED) is 0.437. The topological polar surface area (TPSA) is 58.5 Å². The van der Waals surface area contributed by atoms with E-state index in [1.807, 2.05) is 30.6 Å². The second kappa shape index (κ2) is 7.32. The molecule has 0 radical (unpaired) electrons. The molecule has 3 aromatic heterocycles.